The molecule has 90 valence electrons. The summed E-state index contributed by atoms with van der Waals surface area (Å²) < 4.78 is 15.6. The Hall–Kier alpha value is -1.29. The van der Waals surface area contributed by atoms with Crippen molar-refractivity contribution in [2.45, 2.75) is 32.3 Å². The first-order valence-electron chi connectivity index (χ1n) is 5.40. The quantitative estimate of drug-likeness (QED) is 0.744. The summed E-state index contributed by atoms with van der Waals surface area (Å²) in [6, 6.07) is 2.80. The van der Waals surface area contributed by atoms with Gasteiger partial charge in [0.25, 0.3) is 5.95 Å². The van der Waals surface area contributed by atoms with Gasteiger partial charge in [-0.15, -0.1) is 0 Å². The Morgan fingerprint density at radius 3 is 2.69 bits per heavy atom. The number of ether oxygens (including phenoxy) is 2. The molecule has 1 aromatic heterocycles. The van der Waals surface area contributed by atoms with Crippen molar-refractivity contribution in [1.82, 2.24) is 0 Å². The van der Waals surface area contributed by atoms with Crippen LogP contribution in [0.4, 0.5) is 0 Å². The lowest BCUT2D eigenvalue weighted by Gasteiger charge is -2.13. The van der Waals surface area contributed by atoms with E-state index in [9.17, 15) is 4.79 Å². The van der Waals surface area contributed by atoms with Crippen LogP contribution in [0.25, 0.3) is 0 Å². The number of hydrogen-bond donors (Lipinski definition) is 0. The Morgan fingerprint density at radius 1 is 1.38 bits per heavy atom. The molecule has 0 aromatic carbocycles. The van der Waals surface area contributed by atoms with Crippen molar-refractivity contribution < 1.29 is 13.9 Å². The van der Waals surface area contributed by atoms with Crippen molar-refractivity contribution >= 4 is 0 Å². The molecule has 1 unspecified atom stereocenters. The van der Waals surface area contributed by atoms with E-state index >= 15 is 0 Å². The van der Waals surface area contributed by atoms with Gasteiger partial charge in [0.05, 0.1) is 19.3 Å². The molecule has 0 N–H and O–H groups in total. The molecule has 0 aliphatic rings. The van der Waals surface area contributed by atoms with Crippen LogP contribution in [0.3, 0.4) is 0 Å². The second kappa shape index (κ2) is 6.33. The van der Waals surface area contributed by atoms with Crippen LogP contribution in [0.15, 0.2) is 21.3 Å². The minimum absolute atomic E-state index is 0.0836. The highest BCUT2D eigenvalue weighted by atomic mass is 16.6. The van der Waals surface area contributed by atoms with Gasteiger partial charge in [0, 0.05) is 19.6 Å². The molecule has 16 heavy (non-hydrogen) atoms. The fraction of sp³-hybridized carbons (Fsp3) is 0.583. The maximum Gasteiger partial charge on any atom is 0.288 e. The van der Waals surface area contributed by atoms with Crippen LogP contribution >= 0.6 is 0 Å². The Bertz CT molecular complexity index is 370. The molecule has 0 saturated heterocycles. The Labute approximate surface area is 95.2 Å². The summed E-state index contributed by atoms with van der Waals surface area (Å²) in [6.07, 6.45) is 2.65. The zero-order chi connectivity index (χ0) is 12.0. The van der Waals surface area contributed by atoms with Gasteiger partial charge in [0.2, 0.25) is 0 Å². The highest BCUT2D eigenvalue weighted by Gasteiger charge is 2.10. The van der Waals surface area contributed by atoms with Crippen molar-refractivity contribution in [3.05, 3.63) is 28.1 Å². The molecule has 0 amide bonds. The Morgan fingerprint density at radius 2 is 2.12 bits per heavy atom. The summed E-state index contributed by atoms with van der Waals surface area (Å²) in [6.45, 7) is 2.09. The van der Waals surface area contributed by atoms with Crippen LogP contribution in [0.5, 0.6) is 5.95 Å². The fourth-order valence-corrected chi connectivity index (χ4v) is 1.56. The van der Waals surface area contributed by atoms with Crippen LogP contribution in [0, 0.1) is 0 Å². The zero-order valence-corrected chi connectivity index (χ0v) is 9.99. The highest BCUT2D eigenvalue weighted by Crippen LogP contribution is 2.14. The first-order chi connectivity index (χ1) is 7.69. The lowest BCUT2D eigenvalue weighted by atomic mass is 10.1. The standard InChI is InChI=1S/C12H18O4/c1-4-5-10(14-2)8-11-6-9(13)7-12(15-3)16-11/h6-7,10H,4-5,8H2,1-3H3. The highest BCUT2D eigenvalue weighted by molar-refractivity contribution is 5.11. The van der Waals surface area contributed by atoms with E-state index in [1.165, 1.54) is 19.2 Å². The second-order valence-electron chi connectivity index (χ2n) is 3.63. The molecule has 4 heteroatoms. The van der Waals surface area contributed by atoms with E-state index in [1.54, 1.807) is 7.11 Å². The van der Waals surface area contributed by atoms with Crippen LogP contribution in [-0.2, 0) is 11.2 Å². The van der Waals surface area contributed by atoms with Crippen molar-refractivity contribution in [2.75, 3.05) is 14.2 Å². The van der Waals surface area contributed by atoms with Crippen molar-refractivity contribution in [2.24, 2.45) is 0 Å². The fourth-order valence-electron chi connectivity index (χ4n) is 1.56. The summed E-state index contributed by atoms with van der Waals surface area (Å²) >= 11 is 0. The predicted octanol–water partition coefficient (Wildman–Crippen LogP) is 2.01. The minimum Gasteiger partial charge on any atom is -0.468 e. The molecular formula is C12H18O4. The van der Waals surface area contributed by atoms with E-state index in [0.717, 1.165) is 12.8 Å². The van der Waals surface area contributed by atoms with Gasteiger partial charge in [-0.2, -0.15) is 0 Å². The van der Waals surface area contributed by atoms with E-state index in [2.05, 4.69) is 6.92 Å². The van der Waals surface area contributed by atoms with E-state index in [-0.39, 0.29) is 17.5 Å². The van der Waals surface area contributed by atoms with Gasteiger partial charge in [0.1, 0.15) is 5.76 Å². The number of rotatable bonds is 6. The minimum atomic E-state index is -0.107. The maximum absolute atomic E-state index is 11.3. The van der Waals surface area contributed by atoms with Gasteiger partial charge in [0.15, 0.2) is 5.43 Å². The van der Waals surface area contributed by atoms with E-state index in [4.69, 9.17) is 13.9 Å². The molecule has 1 aromatic rings. The van der Waals surface area contributed by atoms with Crippen LogP contribution in [0.1, 0.15) is 25.5 Å². The Kier molecular flexibility index (Phi) is 5.05. The van der Waals surface area contributed by atoms with Crippen LogP contribution in [0.2, 0.25) is 0 Å². The molecule has 0 bridgehead atoms. The number of methoxy groups -OCH3 is 2. The molecule has 1 atom stereocenters. The normalized spacial score (nSPS) is 12.4. The summed E-state index contributed by atoms with van der Waals surface area (Å²) in [5.41, 5.74) is -0.107. The topological polar surface area (TPSA) is 48.7 Å². The van der Waals surface area contributed by atoms with Crippen LogP contribution < -0.4 is 10.2 Å². The van der Waals surface area contributed by atoms with E-state index < -0.39 is 0 Å². The van der Waals surface area contributed by atoms with Gasteiger partial charge in [-0.3, -0.25) is 4.79 Å². The average molecular weight is 226 g/mol. The van der Waals surface area contributed by atoms with Crippen molar-refractivity contribution in [3.8, 4) is 5.95 Å². The lowest BCUT2D eigenvalue weighted by Crippen LogP contribution is -2.15. The average Bonchev–Trinajstić information content (AvgIpc) is 2.27. The van der Waals surface area contributed by atoms with Crippen molar-refractivity contribution in [3.63, 3.8) is 0 Å². The maximum atomic E-state index is 11.3. The summed E-state index contributed by atoms with van der Waals surface area (Å²) in [4.78, 5) is 11.3. The first kappa shape index (κ1) is 12.8. The van der Waals surface area contributed by atoms with Gasteiger partial charge < -0.3 is 13.9 Å². The third kappa shape index (κ3) is 3.70. The van der Waals surface area contributed by atoms with Gasteiger partial charge in [-0.05, 0) is 6.42 Å². The van der Waals surface area contributed by atoms with Gasteiger partial charge >= 0.3 is 0 Å². The molecule has 1 heterocycles. The van der Waals surface area contributed by atoms with Crippen molar-refractivity contribution in [1.29, 1.82) is 0 Å². The Balaban J connectivity index is 2.79. The third-order valence-corrected chi connectivity index (χ3v) is 2.37. The molecule has 4 nitrogen and oxygen atoms in total. The molecule has 1 rings (SSSR count). The van der Waals surface area contributed by atoms with E-state index in [1.807, 2.05) is 0 Å². The third-order valence-electron chi connectivity index (χ3n) is 2.37. The van der Waals surface area contributed by atoms with Gasteiger partial charge in [-0.25, -0.2) is 0 Å². The SMILES string of the molecule is CCCC(Cc1cc(=O)cc(OC)o1)OC. The smallest absolute Gasteiger partial charge is 0.288 e. The summed E-state index contributed by atoms with van der Waals surface area (Å²) in [5.74, 6) is 0.846. The lowest BCUT2D eigenvalue weighted by molar-refractivity contribution is 0.0887. The molecule has 0 fully saturated rings. The van der Waals surface area contributed by atoms with Gasteiger partial charge in [-0.1, -0.05) is 13.3 Å². The summed E-state index contributed by atoms with van der Waals surface area (Å²) in [7, 11) is 3.14. The monoisotopic (exact) mass is 226 g/mol. The molecule has 0 spiro atoms. The molecule has 0 radical (unpaired) electrons. The van der Waals surface area contributed by atoms with Crippen LogP contribution in [-0.4, -0.2) is 20.3 Å². The first-order valence-corrected chi connectivity index (χ1v) is 5.40. The largest absolute Gasteiger partial charge is 0.468 e. The summed E-state index contributed by atoms with van der Waals surface area (Å²) in [5, 5.41) is 0. The van der Waals surface area contributed by atoms with E-state index in [0.29, 0.717) is 12.2 Å². The predicted molar refractivity (Wildman–Crippen MR) is 60.9 cm³/mol. The molecule has 0 aliphatic heterocycles. The molecule has 0 aliphatic carbocycles. The molecule has 0 saturated carbocycles. The second-order valence-corrected chi connectivity index (χ2v) is 3.63. The molecular weight excluding hydrogens is 208 g/mol. The zero-order valence-electron chi connectivity index (χ0n) is 9.99. The number of hydrogen-bond acceptors (Lipinski definition) is 4.